The van der Waals surface area contributed by atoms with Crippen LogP contribution in [0.5, 0.6) is 5.75 Å². The van der Waals surface area contributed by atoms with Gasteiger partial charge in [0, 0.05) is 10.7 Å². The third-order valence-corrected chi connectivity index (χ3v) is 4.00. The van der Waals surface area contributed by atoms with Gasteiger partial charge in [-0.15, -0.1) is 0 Å². The number of esters is 1. The van der Waals surface area contributed by atoms with Gasteiger partial charge in [-0.3, -0.25) is 4.79 Å². The lowest BCUT2D eigenvalue weighted by Gasteiger charge is -2.17. The molecule has 0 aromatic heterocycles. The Morgan fingerprint density at radius 2 is 1.76 bits per heavy atom. The van der Waals surface area contributed by atoms with Gasteiger partial charge in [0.05, 0.1) is 7.11 Å². The van der Waals surface area contributed by atoms with E-state index in [0.29, 0.717) is 10.8 Å². The Labute approximate surface area is 151 Å². The van der Waals surface area contributed by atoms with Crippen LogP contribution in [0, 0.1) is 13.8 Å². The van der Waals surface area contributed by atoms with Gasteiger partial charge in [0.2, 0.25) is 0 Å². The maximum atomic E-state index is 12.4. The number of hydrogen-bond acceptors (Lipinski definition) is 4. The highest BCUT2D eigenvalue weighted by atomic mass is 35.5. The molecule has 0 radical (unpaired) electrons. The maximum absolute atomic E-state index is 12.4. The number of benzene rings is 2. The minimum atomic E-state index is -0.977. The van der Waals surface area contributed by atoms with Gasteiger partial charge in [0.15, 0.2) is 6.10 Å². The summed E-state index contributed by atoms with van der Waals surface area (Å²) in [5.41, 5.74) is 2.75. The lowest BCUT2D eigenvalue weighted by molar-refractivity contribution is -0.123. The second kappa shape index (κ2) is 8.03. The number of hydrogen-bond donors (Lipinski definition) is 1. The number of anilines is 1. The highest BCUT2D eigenvalue weighted by Crippen LogP contribution is 2.24. The van der Waals surface area contributed by atoms with Gasteiger partial charge in [-0.25, -0.2) is 4.79 Å². The van der Waals surface area contributed by atoms with Crippen LogP contribution in [-0.4, -0.2) is 25.1 Å². The molecule has 0 fully saturated rings. The minimum absolute atomic E-state index is 0.168. The number of amides is 1. The summed E-state index contributed by atoms with van der Waals surface area (Å²) in [6, 6.07) is 10.3. The molecule has 2 aromatic rings. The molecule has 6 heteroatoms. The van der Waals surface area contributed by atoms with E-state index in [1.807, 2.05) is 32.0 Å². The van der Waals surface area contributed by atoms with E-state index in [-0.39, 0.29) is 5.56 Å². The van der Waals surface area contributed by atoms with Crippen molar-refractivity contribution in [2.75, 3.05) is 12.4 Å². The molecule has 1 N–H and O–H groups in total. The lowest BCUT2D eigenvalue weighted by Crippen LogP contribution is -2.30. The molecular weight excluding hydrogens is 342 g/mol. The molecule has 0 spiro atoms. The van der Waals surface area contributed by atoms with Crippen LogP contribution in [0.25, 0.3) is 0 Å². The molecule has 0 aliphatic rings. The highest BCUT2D eigenvalue weighted by molar-refractivity contribution is 6.31. The summed E-state index contributed by atoms with van der Waals surface area (Å²) in [6.07, 6.45) is -0.977. The van der Waals surface area contributed by atoms with E-state index in [2.05, 4.69) is 5.32 Å². The summed E-state index contributed by atoms with van der Waals surface area (Å²) >= 11 is 5.92. The lowest BCUT2D eigenvalue weighted by atomic mass is 10.1. The first-order valence-corrected chi connectivity index (χ1v) is 8.13. The van der Waals surface area contributed by atoms with E-state index in [9.17, 15) is 9.59 Å². The molecule has 0 unspecified atom stereocenters. The molecule has 0 bridgehead atoms. The first-order chi connectivity index (χ1) is 11.8. The Morgan fingerprint density at radius 1 is 1.12 bits per heavy atom. The largest absolute Gasteiger partial charge is 0.496 e. The highest BCUT2D eigenvalue weighted by Gasteiger charge is 2.22. The third-order valence-electron chi connectivity index (χ3n) is 3.76. The quantitative estimate of drug-likeness (QED) is 0.812. The van der Waals surface area contributed by atoms with Gasteiger partial charge in [-0.1, -0.05) is 29.8 Å². The summed E-state index contributed by atoms with van der Waals surface area (Å²) in [6.45, 7) is 5.31. The number of rotatable bonds is 5. The number of nitrogens with one attached hydrogen (secondary N) is 1. The molecule has 0 aliphatic carbocycles. The summed E-state index contributed by atoms with van der Waals surface area (Å²) in [7, 11) is 1.44. The molecule has 2 aromatic carbocycles. The van der Waals surface area contributed by atoms with Crippen molar-refractivity contribution in [3.63, 3.8) is 0 Å². The van der Waals surface area contributed by atoms with E-state index >= 15 is 0 Å². The van der Waals surface area contributed by atoms with Crippen LogP contribution in [0.15, 0.2) is 36.4 Å². The Hall–Kier alpha value is -2.53. The van der Waals surface area contributed by atoms with Crippen LogP contribution in [0.1, 0.15) is 28.4 Å². The van der Waals surface area contributed by atoms with Crippen molar-refractivity contribution in [3.8, 4) is 5.75 Å². The van der Waals surface area contributed by atoms with Crippen molar-refractivity contribution < 1.29 is 19.1 Å². The average Bonchev–Trinajstić information content (AvgIpc) is 2.57. The first-order valence-electron chi connectivity index (χ1n) is 7.75. The Bertz CT molecular complexity index is 784. The van der Waals surface area contributed by atoms with E-state index in [4.69, 9.17) is 21.1 Å². The number of carbonyl (C=O) groups is 2. The van der Waals surface area contributed by atoms with Crippen LogP contribution in [0.3, 0.4) is 0 Å². The van der Waals surface area contributed by atoms with Crippen LogP contribution < -0.4 is 10.1 Å². The van der Waals surface area contributed by atoms with Crippen LogP contribution >= 0.6 is 11.6 Å². The number of para-hydroxylation sites is 1. The molecule has 0 saturated carbocycles. The van der Waals surface area contributed by atoms with E-state index in [0.717, 1.165) is 16.8 Å². The molecule has 0 saturated heterocycles. The molecule has 0 heterocycles. The number of carbonyl (C=O) groups excluding carboxylic acids is 2. The summed E-state index contributed by atoms with van der Waals surface area (Å²) in [5.74, 6) is -0.757. The predicted molar refractivity (Wildman–Crippen MR) is 97.4 cm³/mol. The Kier molecular flexibility index (Phi) is 6.04. The van der Waals surface area contributed by atoms with Crippen LogP contribution in [0.2, 0.25) is 5.02 Å². The molecule has 2 rings (SSSR count). The molecule has 1 atom stereocenters. The normalized spacial score (nSPS) is 11.6. The third kappa shape index (κ3) is 4.51. The number of ether oxygens (including phenoxy) is 2. The van der Waals surface area contributed by atoms with Gasteiger partial charge in [-0.05, 0) is 50.1 Å². The van der Waals surface area contributed by atoms with Crippen molar-refractivity contribution in [1.82, 2.24) is 0 Å². The van der Waals surface area contributed by atoms with Gasteiger partial charge < -0.3 is 14.8 Å². The zero-order chi connectivity index (χ0) is 18.6. The van der Waals surface area contributed by atoms with Gasteiger partial charge in [0.25, 0.3) is 5.91 Å². The predicted octanol–water partition coefficient (Wildman–Crippen LogP) is 4.15. The number of methoxy groups -OCH3 is 1. The summed E-state index contributed by atoms with van der Waals surface area (Å²) in [5, 5.41) is 3.18. The van der Waals surface area contributed by atoms with Gasteiger partial charge in [0.1, 0.15) is 11.3 Å². The van der Waals surface area contributed by atoms with Crippen molar-refractivity contribution in [2.45, 2.75) is 26.9 Å². The second-order valence-corrected chi connectivity index (χ2v) is 6.08. The topological polar surface area (TPSA) is 64.6 Å². The summed E-state index contributed by atoms with van der Waals surface area (Å²) < 4.78 is 10.4. The fraction of sp³-hybridized carbons (Fsp3) is 0.263. The minimum Gasteiger partial charge on any atom is -0.496 e. The Morgan fingerprint density at radius 3 is 2.36 bits per heavy atom. The van der Waals surface area contributed by atoms with Gasteiger partial charge in [-0.2, -0.15) is 0 Å². The van der Waals surface area contributed by atoms with Gasteiger partial charge >= 0.3 is 5.97 Å². The van der Waals surface area contributed by atoms with Crippen molar-refractivity contribution in [2.24, 2.45) is 0 Å². The van der Waals surface area contributed by atoms with E-state index in [1.54, 1.807) is 12.1 Å². The molecule has 132 valence electrons. The van der Waals surface area contributed by atoms with Crippen molar-refractivity contribution >= 4 is 29.2 Å². The molecule has 0 aliphatic heterocycles. The van der Waals surface area contributed by atoms with E-state index in [1.165, 1.54) is 20.1 Å². The number of aryl methyl sites for hydroxylation is 2. The average molecular weight is 362 g/mol. The monoisotopic (exact) mass is 361 g/mol. The zero-order valence-electron chi connectivity index (χ0n) is 14.6. The summed E-state index contributed by atoms with van der Waals surface area (Å²) in [4.78, 5) is 24.7. The molecule has 5 nitrogen and oxygen atoms in total. The van der Waals surface area contributed by atoms with Crippen molar-refractivity contribution in [3.05, 3.63) is 58.1 Å². The fourth-order valence-electron chi connectivity index (χ4n) is 2.35. The Balaban J connectivity index is 2.11. The fourth-order valence-corrected chi connectivity index (χ4v) is 2.53. The van der Waals surface area contributed by atoms with E-state index < -0.39 is 18.0 Å². The maximum Gasteiger partial charge on any atom is 0.342 e. The second-order valence-electron chi connectivity index (χ2n) is 5.65. The first kappa shape index (κ1) is 18.8. The SMILES string of the molecule is COc1ccc(Cl)cc1C(=O)O[C@H](C)C(=O)Nc1c(C)cccc1C. The molecule has 1 amide bonds. The smallest absolute Gasteiger partial charge is 0.342 e. The molecule has 25 heavy (non-hydrogen) atoms. The van der Waals surface area contributed by atoms with Crippen molar-refractivity contribution in [1.29, 1.82) is 0 Å². The standard InChI is InChI=1S/C19H20ClNO4/c1-11-6-5-7-12(2)17(11)21-18(22)13(3)25-19(23)15-10-14(20)8-9-16(15)24-4/h5-10,13H,1-4H3,(H,21,22)/t13-/m1/s1. The van der Waals surface area contributed by atoms with Crippen LogP contribution in [-0.2, 0) is 9.53 Å². The molecular formula is C19H20ClNO4. The zero-order valence-corrected chi connectivity index (χ0v) is 15.3. The number of halogens is 1. The van der Waals surface area contributed by atoms with Crippen LogP contribution in [0.4, 0.5) is 5.69 Å².